The minimum Gasteiger partial charge on any atom is -0.493 e. The van der Waals surface area contributed by atoms with Gasteiger partial charge in [0.25, 0.3) is 0 Å². The average molecular weight is 356 g/mol. The third-order valence-electron chi connectivity index (χ3n) is 4.64. The Morgan fingerprint density at radius 3 is 2.40 bits per heavy atom. The summed E-state index contributed by atoms with van der Waals surface area (Å²) in [5.74, 6) is 1.54. The van der Waals surface area contributed by atoms with Crippen molar-refractivity contribution in [3.8, 4) is 11.5 Å². The van der Waals surface area contributed by atoms with Gasteiger partial charge in [0.1, 0.15) is 0 Å². The zero-order valence-corrected chi connectivity index (χ0v) is 16.0. The Bertz CT molecular complexity index is 805. The summed E-state index contributed by atoms with van der Waals surface area (Å²) in [6.45, 7) is 5.84. The smallest absolute Gasteiger partial charge is 0.173 e. The topological polar surface area (TPSA) is 33.7 Å². The number of rotatable bonds is 3. The number of nitrogens with one attached hydrogen (secondary N) is 1. The normalized spacial score (nSPS) is 13.2. The Balaban J connectivity index is 1.77. The number of hydrogen-bond donors (Lipinski definition) is 1. The lowest BCUT2D eigenvalue weighted by Gasteiger charge is -2.32. The van der Waals surface area contributed by atoms with Gasteiger partial charge in [0.05, 0.1) is 14.2 Å². The minimum absolute atomic E-state index is 0.758. The third kappa shape index (κ3) is 3.71. The standard InChI is InChI=1S/C20H24N2O2S/c1-13-5-6-14(2)17(9-13)21-20(25)22-8-7-15-10-18(23-3)19(24-4)11-16(15)12-22/h5-6,9-11H,7-8,12H2,1-4H3,(H,21,25). The lowest BCUT2D eigenvalue weighted by molar-refractivity contribution is 0.348. The Hall–Kier alpha value is -2.27. The van der Waals surface area contributed by atoms with Crippen molar-refractivity contribution < 1.29 is 9.47 Å². The fourth-order valence-corrected chi connectivity index (χ4v) is 3.39. The van der Waals surface area contributed by atoms with Crippen LogP contribution in [0.2, 0.25) is 0 Å². The lowest BCUT2D eigenvalue weighted by atomic mass is 9.99. The maximum absolute atomic E-state index is 5.66. The SMILES string of the molecule is COc1cc2c(cc1OC)CN(C(=S)Nc1cc(C)ccc1C)CC2. The van der Waals surface area contributed by atoms with E-state index in [2.05, 4.69) is 54.4 Å². The van der Waals surface area contributed by atoms with Crippen molar-refractivity contribution in [1.29, 1.82) is 0 Å². The van der Waals surface area contributed by atoms with Gasteiger partial charge in [0, 0.05) is 18.8 Å². The van der Waals surface area contributed by atoms with E-state index in [1.807, 2.05) is 0 Å². The Morgan fingerprint density at radius 1 is 1.04 bits per heavy atom. The first-order valence-corrected chi connectivity index (χ1v) is 8.79. The summed E-state index contributed by atoms with van der Waals surface area (Å²) in [5, 5.41) is 4.16. The van der Waals surface area contributed by atoms with Crippen molar-refractivity contribution in [2.24, 2.45) is 0 Å². The van der Waals surface area contributed by atoms with Crippen molar-refractivity contribution in [1.82, 2.24) is 4.90 Å². The van der Waals surface area contributed by atoms with Crippen LogP contribution in [0.5, 0.6) is 11.5 Å². The van der Waals surface area contributed by atoms with Crippen LogP contribution in [0, 0.1) is 13.8 Å². The second-order valence-corrected chi connectivity index (χ2v) is 6.78. The predicted octanol–water partition coefficient (Wildman–Crippen LogP) is 4.08. The van der Waals surface area contributed by atoms with E-state index in [9.17, 15) is 0 Å². The monoisotopic (exact) mass is 356 g/mol. The first kappa shape index (κ1) is 17.5. The number of thiocarbonyl (C=S) groups is 1. The van der Waals surface area contributed by atoms with Crippen LogP contribution < -0.4 is 14.8 Å². The molecule has 25 heavy (non-hydrogen) atoms. The zero-order valence-electron chi connectivity index (χ0n) is 15.2. The summed E-state index contributed by atoms with van der Waals surface area (Å²) in [6.07, 6.45) is 0.935. The van der Waals surface area contributed by atoms with E-state index in [1.165, 1.54) is 22.3 Å². The molecule has 0 atom stereocenters. The number of fused-ring (bicyclic) bond motifs is 1. The number of anilines is 1. The number of hydrogen-bond acceptors (Lipinski definition) is 3. The molecule has 0 aliphatic carbocycles. The molecule has 2 aromatic rings. The van der Waals surface area contributed by atoms with Gasteiger partial charge in [-0.25, -0.2) is 0 Å². The second-order valence-electron chi connectivity index (χ2n) is 6.40. The van der Waals surface area contributed by atoms with Crippen molar-refractivity contribution >= 4 is 23.0 Å². The maximum Gasteiger partial charge on any atom is 0.173 e. The van der Waals surface area contributed by atoms with Gasteiger partial charge in [-0.05, 0) is 72.9 Å². The van der Waals surface area contributed by atoms with Crippen LogP contribution in [0.25, 0.3) is 0 Å². The van der Waals surface area contributed by atoms with E-state index in [-0.39, 0.29) is 0 Å². The van der Waals surface area contributed by atoms with Crippen molar-refractivity contribution in [3.63, 3.8) is 0 Å². The molecule has 0 spiro atoms. The molecule has 0 aromatic heterocycles. The third-order valence-corrected chi connectivity index (χ3v) is 5.00. The Morgan fingerprint density at radius 2 is 1.72 bits per heavy atom. The molecule has 3 rings (SSSR count). The van der Waals surface area contributed by atoms with Crippen LogP contribution in [-0.2, 0) is 13.0 Å². The van der Waals surface area contributed by atoms with Crippen LogP contribution in [0.4, 0.5) is 5.69 Å². The van der Waals surface area contributed by atoms with Crippen LogP contribution in [0.3, 0.4) is 0 Å². The van der Waals surface area contributed by atoms with Crippen LogP contribution in [0.1, 0.15) is 22.3 Å². The molecule has 5 heteroatoms. The van der Waals surface area contributed by atoms with Gasteiger partial charge in [-0.3, -0.25) is 0 Å². The van der Waals surface area contributed by atoms with E-state index in [4.69, 9.17) is 21.7 Å². The largest absolute Gasteiger partial charge is 0.493 e. The maximum atomic E-state index is 5.66. The van der Waals surface area contributed by atoms with Crippen LogP contribution in [-0.4, -0.2) is 30.8 Å². The van der Waals surface area contributed by atoms with Gasteiger partial charge in [-0.1, -0.05) is 12.1 Å². The highest BCUT2D eigenvalue weighted by Crippen LogP contribution is 2.33. The highest BCUT2D eigenvalue weighted by atomic mass is 32.1. The summed E-state index contributed by atoms with van der Waals surface area (Å²) in [5.41, 5.74) is 6.01. The Labute approximate surface area is 154 Å². The summed E-state index contributed by atoms with van der Waals surface area (Å²) in [6, 6.07) is 10.5. The fourth-order valence-electron chi connectivity index (χ4n) is 3.12. The second kappa shape index (κ2) is 7.31. The van der Waals surface area contributed by atoms with Crippen LogP contribution >= 0.6 is 12.2 Å². The van der Waals surface area contributed by atoms with Gasteiger partial charge in [-0.2, -0.15) is 0 Å². The number of nitrogens with zero attached hydrogens (tertiary/aromatic N) is 1. The quantitative estimate of drug-likeness (QED) is 0.838. The molecule has 0 unspecified atom stereocenters. The zero-order chi connectivity index (χ0) is 18.0. The highest BCUT2D eigenvalue weighted by Gasteiger charge is 2.21. The molecule has 4 nitrogen and oxygen atoms in total. The van der Waals surface area contributed by atoms with Gasteiger partial charge in [0.15, 0.2) is 16.6 Å². The van der Waals surface area contributed by atoms with E-state index in [0.29, 0.717) is 0 Å². The molecule has 1 aliphatic rings. The first-order valence-electron chi connectivity index (χ1n) is 8.38. The molecule has 0 radical (unpaired) electrons. The van der Waals surface area contributed by atoms with Crippen LogP contribution in [0.15, 0.2) is 30.3 Å². The van der Waals surface area contributed by atoms with E-state index in [1.54, 1.807) is 14.2 Å². The summed E-state index contributed by atoms with van der Waals surface area (Å²) in [7, 11) is 3.33. The molecule has 0 saturated heterocycles. The number of methoxy groups -OCH3 is 2. The molecule has 0 fully saturated rings. The molecule has 1 heterocycles. The molecular formula is C20H24N2O2S. The molecular weight excluding hydrogens is 332 g/mol. The van der Waals surface area contributed by atoms with E-state index in [0.717, 1.165) is 41.8 Å². The number of benzene rings is 2. The van der Waals surface area contributed by atoms with Gasteiger partial charge < -0.3 is 19.7 Å². The minimum atomic E-state index is 0.758. The van der Waals surface area contributed by atoms with Gasteiger partial charge >= 0.3 is 0 Å². The molecule has 0 bridgehead atoms. The molecule has 1 aliphatic heterocycles. The van der Waals surface area contributed by atoms with Crippen molar-refractivity contribution in [2.45, 2.75) is 26.8 Å². The van der Waals surface area contributed by atoms with E-state index < -0.39 is 0 Å². The number of ether oxygens (including phenoxy) is 2. The average Bonchev–Trinajstić information content (AvgIpc) is 2.62. The molecule has 0 saturated carbocycles. The van der Waals surface area contributed by atoms with Gasteiger partial charge in [0.2, 0.25) is 0 Å². The molecule has 132 valence electrons. The molecule has 1 N–H and O–H groups in total. The lowest BCUT2D eigenvalue weighted by Crippen LogP contribution is -2.38. The summed E-state index contributed by atoms with van der Waals surface area (Å²) < 4.78 is 10.8. The molecule has 0 amide bonds. The summed E-state index contributed by atoms with van der Waals surface area (Å²) in [4.78, 5) is 2.20. The predicted molar refractivity (Wildman–Crippen MR) is 106 cm³/mol. The summed E-state index contributed by atoms with van der Waals surface area (Å²) >= 11 is 5.66. The Kier molecular flexibility index (Phi) is 5.13. The molecule has 2 aromatic carbocycles. The van der Waals surface area contributed by atoms with E-state index >= 15 is 0 Å². The van der Waals surface area contributed by atoms with Crippen molar-refractivity contribution in [2.75, 3.05) is 26.1 Å². The van der Waals surface area contributed by atoms with Gasteiger partial charge in [-0.15, -0.1) is 0 Å². The van der Waals surface area contributed by atoms with Crippen molar-refractivity contribution in [3.05, 3.63) is 52.6 Å². The first-order chi connectivity index (χ1) is 12.0. The highest BCUT2D eigenvalue weighted by molar-refractivity contribution is 7.80. The fraction of sp³-hybridized carbons (Fsp3) is 0.350. The number of aryl methyl sites for hydroxylation is 2.